The normalized spacial score (nSPS) is 11.4. The van der Waals surface area contributed by atoms with Gasteiger partial charge in [0.05, 0.1) is 15.9 Å². The number of hydrogen-bond donors (Lipinski definition) is 0. The maximum absolute atomic E-state index is 4.71. The molecule has 0 spiro atoms. The van der Waals surface area contributed by atoms with Gasteiger partial charge in [0.25, 0.3) is 0 Å². The summed E-state index contributed by atoms with van der Waals surface area (Å²) in [6.07, 6.45) is 4.19. The summed E-state index contributed by atoms with van der Waals surface area (Å²) in [5.41, 5.74) is 4.13. The van der Waals surface area contributed by atoms with E-state index >= 15 is 0 Å². The molecule has 0 aliphatic heterocycles. The molecule has 0 amide bonds. The Kier molecular flexibility index (Phi) is 3.54. The van der Waals surface area contributed by atoms with Crippen LogP contribution in [0.1, 0.15) is 0 Å². The van der Waals surface area contributed by atoms with Crippen molar-refractivity contribution in [3.63, 3.8) is 0 Å². The number of aromatic nitrogens is 3. The van der Waals surface area contributed by atoms with Gasteiger partial charge in [-0.15, -0.1) is 11.3 Å². The number of benzene rings is 2. The third-order valence-corrected chi connectivity index (χ3v) is 6.05. The summed E-state index contributed by atoms with van der Waals surface area (Å²) in [6.45, 7) is 0. The highest BCUT2D eigenvalue weighted by molar-refractivity contribution is 8.01. The van der Waals surface area contributed by atoms with Crippen molar-refractivity contribution in [3.05, 3.63) is 79.1 Å². The molecule has 5 rings (SSSR count). The minimum atomic E-state index is 0.951. The van der Waals surface area contributed by atoms with Crippen molar-refractivity contribution in [1.29, 1.82) is 0 Å². The van der Waals surface area contributed by atoms with E-state index in [4.69, 9.17) is 9.97 Å². The van der Waals surface area contributed by atoms with E-state index in [0.29, 0.717) is 0 Å². The third-order valence-electron chi connectivity index (χ3n) is 3.97. The van der Waals surface area contributed by atoms with E-state index in [-0.39, 0.29) is 0 Å². The molecule has 2 aromatic carbocycles. The second-order valence-electron chi connectivity index (χ2n) is 5.67. The molecule has 3 nitrogen and oxygen atoms in total. The number of rotatable bonds is 3. The number of nitrogens with zero attached hydrogens (tertiary/aromatic N) is 3. The van der Waals surface area contributed by atoms with E-state index in [2.05, 4.69) is 59.3 Å². The molecule has 0 aliphatic carbocycles. The Morgan fingerprint density at radius 2 is 1.64 bits per heavy atom. The second kappa shape index (κ2) is 6.02. The first kappa shape index (κ1) is 14.7. The van der Waals surface area contributed by atoms with Gasteiger partial charge >= 0.3 is 0 Å². The fourth-order valence-corrected chi connectivity index (χ4v) is 4.84. The molecule has 0 saturated carbocycles. The summed E-state index contributed by atoms with van der Waals surface area (Å²) < 4.78 is 4.36. The fourth-order valence-electron chi connectivity index (χ4n) is 2.78. The van der Waals surface area contributed by atoms with Crippen molar-refractivity contribution in [2.45, 2.75) is 9.24 Å². The molecule has 0 bridgehead atoms. The Bertz CT molecular complexity index is 1140. The third kappa shape index (κ3) is 2.81. The highest BCUT2D eigenvalue weighted by atomic mass is 32.2. The van der Waals surface area contributed by atoms with E-state index in [1.807, 2.05) is 24.3 Å². The molecular formula is C20H13N3S2. The summed E-state index contributed by atoms with van der Waals surface area (Å²) in [5.74, 6) is 0. The van der Waals surface area contributed by atoms with Crippen LogP contribution in [0.25, 0.3) is 27.1 Å². The minimum Gasteiger partial charge on any atom is -0.305 e. The lowest BCUT2D eigenvalue weighted by molar-refractivity contribution is 1.13. The average molecular weight is 359 g/mol. The van der Waals surface area contributed by atoms with E-state index < -0.39 is 0 Å². The lowest BCUT2D eigenvalue weighted by Crippen LogP contribution is -1.83. The molecule has 0 radical (unpaired) electrons. The van der Waals surface area contributed by atoms with Crippen LogP contribution in [0.4, 0.5) is 0 Å². The van der Waals surface area contributed by atoms with Crippen LogP contribution in [0, 0.1) is 0 Å². The molecule has 3 aromatic heterocycles. The van der Waals surface area contributed by atoms with E-state index in [9.17, 15) is 0 Å². The zero-order valence-electron chi connectivity index (χ0n) is 13.2. The van der Waals surface area contributed by atoms with Crippen LogP contribution in [-0.4, -0.2) is 14.4 Å². The Hall–Kier alpha value is -2.63. The summed E-state index contributed by atoms with van der Waals surface area (Å²) in [7, 11) is 0. The lowest BCUT2D eigenvalue weighted by Gasteiger charge is -1.98. The topological polar surface area (TPSA) is 30.2 Å². The lowest BCUT2D eigenvalue weighted by atomic mass is 10.2. The first-order valence-electron chi connectivity index (χ1n) is 7.93. The van der Waals surface area contributed by atoms with Crippen molar-refractivity contribution in [3.8, 4) is 11.3 Å². The van der Waals surface area contributed by atoms with Gasteiger partial charge in [-0.3, -0.25) is 0 Å². The van der Waals surface area contributed by atoms with Gasteiger partial charge in [-0.1, -0.05) is 54.2 Å². The van der Waals surface area contributed by atoms with Gasteiger partial charge in [0.2, 0.25) is 0 Å². The molecule has 0 unspecified atom stereocenters. The first-order valence-corrected chi connectivity index (χ1v) is 9.56. The summed E-state index contributed by atoms with van der Waals surface area (Å²) in [5, 5.41) is 0. The number of thiazole rings is 1. The Morgan fingerprint density at radius 1 is 0.800 bits per heavy atom. The SMILES string of the molecule is c1ccc(-c2cn3cc(Sc4nc5ccccc5s4)ccc3n2)cc1. The molecule has 0 N–H and O–H groups in total. The summed E-state index contributed by atoms with van der Waals surface area (Å²) >= 11 is 3.42. The monoisotopic (exact) mass is 359 g/mol. The standard InChI is InChI=1S/C20H13N3S2/c1-2-6-14(7-3-1)17-13-23-12-15(10-11-19(23)21-17)24-20-22-16-8-4-5-9-18(16)25-20/h1-13H. The number of hydrogen-bond acceptors (Lipinski definition) is 4. The predicted octanol–water partition coefficient (Wildman–Crippen LogP) is 5.76. The van der Waals surface area contributed by atoms with Crippen LogP contribution >= 0.6 is 23.1 Å². The van der Waals surface area contributed by atoms with Gasteiger partial charge < -0.3 is 4.40 Å². The van der Waals surface area contributed by atoms with Crippen LogP contribution in [0.3, 0.4) is 0 Å². The minimum absolute atomic E-state index is 0.951. The molecular weight excluding hydrogens is 346 g/mol. The number of pyridine rings is 1. The maximum atomic E-state index is 4.71. The molecule has 120 valence electrons. The quantitative estimate of drug-likeness (QED) is 0.410. The Labute approximate surface area is 153 Å². The largest absolute Gasteiger partial charge is 0.305 e. The predicted molar refractivity (Wildman–Crippen MR) is 104 cm³/mol. The molecule has 5 heteroatoms. The van der Waals surface area contributed by atoms with Gasteiger partial charge in [-0.05, 0) is 24.3 Å². The smallest absolute Gasteiger partial charge is 0.155 e. The fraction of sp³-hybridized carbons (Fsp3) is 0. The maximum Gasteiger partial charge on any atom is 0.155 e. The summed E-state index contributed by atoms with van der Waals surface area (Å²) in [6, 6.07) is 22.7. The molecule has 0 fully saturated rings. The van der Waals surface area contributed by atoms with Gasteiger partial charge in [0.15, 0.2) is 4.34 Å². The van der Waals surface area contributed by atoms with E-state index in [0.717, 1.165) is 31.7 Å². The molecule has 3 heterocycles. The van der Waals surface area contributed by atoms with E-state index in [1.165, 1.54) is 4.70 Å². The van der Waals surface area contributed by atoms with Crippen molar-refractivity contribution in [2.75, 3.05) is 0 Å². The molecule has 0 saturated heterocycles. The number of fused-ring (bicyclic) bond motifs is 2. The van der Waals surface area contributed by atoms with Crippen molar-refractivity contribution in [1.82, 2.24) is 14.4 Å². The zero-order valence-corrected chi connectivity index (χ0v) is 14.8. The van der Waals surface area contributed by atoms with E-state index in [1.54, 1.807) is 23.1 Å². The van der Waals surface area contributed by atoms with Gasteiger partial charge in [0, 0.05) is 22.9 Å². The molecule has 0 atom stereocenters. The number of imidazole rings is 1. The molecule has 0 aliphatic rings. The average Bonchev–Trinajstić information content (AvgIpc) is 3.25. The first-order chi connectivity index (χ1) is 12.3. The summed E-state index contributed by atoms with van der Waals surface area (Å²) in [4.78, 5) is 10.6. The van der Waals surface area contributed by atoms with Crippen LogP contribution in [0.15, 0.2) is 88.4 Å². The van der Waals surface area contributed by atoms with Crippen molar-refractivity contribution < 1.29 is 0 Å². The van der Waals surface area contributed by atoms with Crippen LogP contribution in [-0.2, 0) is 0 Å². The Morgan fingerprint density at radius 3 is 2.52 bits per heavy atom. The highest BCUT2D eigenvalue weighted by Crippen LogP contribution is 2.34. The van der Waals surface area contributed by atoms with Crippen LogP contribution in [0.5, 0.6) is 0 Å². The Balaban J connectivity index is 1.49. The van der Waals surface area contributed by atoms with Gasteiger partial charge in [-0.2, -0.15) is 0 Å². The van der Waals surface area contributed by atoms with Gasteiger partial charge in [0.1, 0.15) is 5.65 Å². The van der Waals surface area contributed by atoms with Crippen molar-refractivity contribution in [2.24, 2.45) is 0 Å². The van der Waals surface area contributed by atoms with Crippen LogP contribution < -0.4 is 0 Å². The van der Waals surface area contributed by atoms with Crippen LogP contribution in [0.2, 0.25) is 0 Å². The second-order valence-corrected chi connectivity index (χ2v) is 8.02. The van der Waals surface area contributed by atoms with Crippen molar-refractivity contribution >= 4 is 39.0 Å². The molecule has 5 aromatic rings. The highest BCUT2D eigenvalue weighted by Gasteiger charge is 2.08. The zero-order chi connectivity index (χ0) is 16.6. The number of para-hydroxylation sites is 1. The molecule has 25 heavy (non-hydrogen) atoms. The van der Waals surface area contributed by atoms with Gasteiger partial charge in [-0.25, -0.2) is 9.97 Å².